The summed E-state index contributed by atoms with van der Waals surface area (Å²) < 4.78 is 5.55. The highest BCUT2D eigenvalue weighted by Crippen LogP contribution is 2.22. The number of hydrogen-bond acceptors (Lipinski definition) is 5. The quantitative estimate of drug-likeness (QED) is 0.816. The number of hydrogen-bond donors (Lipinski definition) is 1. The van der Waals surface area contributed by atoms with Crippen LogP contribution in [0.1, 0.15) is 43.0 Å². The topological polar surface area (TPSA) is 56.9 Å². The standard InChI is InChI=1S/C19H26N2O3S/c1-19(2,23)8-5-16-3-4-17(24-16)18(22)21-9-6-15(7-10-21)20-11-13-25-14-12-20/h3-4,15,23H,6-7,9-14H2,1-2H3. The monoisotopic (exact) mass is 362 g/mol. The van der Waals surface area contributed by atoms with Gasteiger partial charge in [-0.15, -0.1) is 0 Å². The molecule has 2 aliphatic heterocycles. The zero-order chi connectivity index (χ0) is 17.9. The number of piperidine rings is 1. The normalized spacial score (nSPS) is 20.2. The first-order valence-electron chi connectivity index (χ1n) is 8.89. The van der Waals surface area contributed by atoms with Crippen LogP contribution in [0.4, 0.5) is 0 Å². The molecule has 25 heavy (non-hydrogen) atoms. The molecule has 6 heteroatoms. The van der Waals surface area contributed by atoms with E-state index in [1.165, 1.54) is 24.6 Å². The van der Waals surface area contributed by atoms with Crippen molar-refractivity contribution in [2.75, 3.05) is 37.7 Å². The molecule has 1 amide bonds. The average molecular weight is 362 g/mol. The summed E-state index contributed by atoms with van der Waals surface area (Å²) >= 11 is 2.03. The average Bonchev–Trinajstić information content (AvgIpc) is 3.09. The van der Waals surface area contributed by atoms with E-state index < -0.39 is 5.60 Å². The second kappa shape index (κ2) is 7.86. The lowest BCUT2D eigenvalue weighted by molar-refractivity contribution is 0.0600. The molecule has 0 unspecified atom stereocenters. The van der Waals surface area contributed by atoms with Crippen LogP contribution in [0.3, 0.4) is 0 Å². The molecule has 136 valence electrons. The Kier molecular flexibility index (Phi) is 5.78. The zero-order valence-electron chi connectivity index (χ0n) is 15.0. The number of aliphatic hydroxyl groups is 1. The predicted molar refractivity (Wildman–Crippen MR) is 99.7 cm³/mol. The number of likely N-dealkylation sites (tertiary alicyclic amines) is 1. The van der Waals surface area contributed by atoms with Crippen molar-refractivity contribution in [2.24, 2.45) is 0 Å². The van der Waals surface area contributed by atoms with Gasteiger partial charge in [0.25, 0.3) is 5.91 Å². The van der Waals surface area contributed by atoms with Gasteiger partial charge in [0.1, 0.15) is 5.60 Å². The first-order valence-corrected chi connectivity index (χ1v) is 10.0. The van der Waals surface area contributed by atoms with E-state index in [4.69, 9.17) is 4.42 Å². The second-order valence-electron chi connectivity index (χ2n) is 7.14. The first kappa shape index (κ1) is 18.4. The lowest BCUT2D eigenvalue weighted by atomic mass is 10.0. The fourth-order valence-electron chi connectivity index (χ4n) is 3.27. The molecule has 1 aromatic rings. The molecule has 5 nitrogen and oxygen atoms in total. The van der Waals surface area contributed by atoms with Crippen LogP contribution in [0.15, 0.2) is 16.5 Å². The van der Waals surface area contributed by atoms with Crippen molar-refractivity contribution in [3.8, 4) is 11.8 Å². The second-order valence-corrected chi connectivity index (χ2v) is 8.37. The van der Waals surface area contributed by atoms with Crippen LogP contribution in [0.5, 0.6) is 0 Å². The van der Waals surface area contributed by atoms with Gasteiger partial charge in [0.15, 0.2) is 11.5 Å². The van der Waals surface area contributed by atoms with Crippen LogP contribution in [-0.2, 0) is 0 Å². The van der Waals surface area contributed by atoms with Crippen molar-refractivity contribution in [2.45, 2.75) is 38.3 Å². The Balaban J connectivity index is 1.55. The molecule has 0 radical (unpaired) electrons. The lowest BCUT2D eigenvalue weighted by Crippen LogP contribution is -2.49. The van der Waals surface area contributed by atoms with Crippen LogP contribution < -0.4 is 0 Å². The third kappa shape index (κ3) is 5.04. The number of rotatable bonds is 2. The van der Waals surface area contributed by atoms with Crippen LogP contribution in [0, 0.1) is 11.8 Å². The smallest absolute Gasteiger partial charge is 0.289 e. The third-order valence-electron chi connectivity index (χ3n) is 4.62. The Morgan fingerprint density at radius 1 is 1.24 bits per heavy atom. The van der Waals surface area contributed by atoms with Crippen molar-refractivity contribution in [1.29, 1.82) is 0 Å². The first-order chi connectivity index (χ1) is 11.9. The van der Waals surface area contributed by atoms with Gasteiger partial charge in [-0.2, -0.15) is 11.8 Å². The number of furan rings is 1. The van der Waals surface area contributed by atoms with Crippen LogP contribution in [0.2, 0.25) is 0 Å². The van der Waals surface area contributed by atoms with Crippen molar-refractivity contribution in [3.05, 3.63) is 23.7 Å². The van der Waals surface area contributed by atoms with Crippen LogP contribution in [0.25, 0.3) is 0 Å². The summed E-state index contributed by atoms with van der Waals surface area (Å²) in [6, 6.07) is 3.96. The van der Waals surface area contributed by atoms with E-state index in [9.17, 15) is 9.90 Å². The maximum Gasteiger partial charge on any atom is 0.289 e. The Hall–Kier alpha value is -1.42. The number of carbonyl (C=O) groups excluding carboxylic acids is 1. The van der Waals surface area contributed by atoms with E-state index in [0.29, 0.717) is 17.6 Å². The molecule has 2 aliphatic rings. The van der Waals surface area contributed by atoms with Gasteiger partial charge in [-0.3, -0.25) is 9.69 Å². The molecular formula is C19H26N2O3S. The minimum absolute atomic E-state index is 0.0658. The Bertz CT molecular complexity index is 654. The predicted octanol–water partition coefficient (Wildman–Crippen LogP) is 2.06. The summed E-state index contributed by atoms with van der Waals surface area (Å²) in [5.41, 5.74) is -1.08. The van der Waals surface area contributed by atoms with Gasteiger partial charge in [0, 0.05) is 43.7 Å². The molecule has 0 spiro atoms. The largest absolute Gasteiger partial charge is 0.443 e. The molecule has 0 atom stereocenters. The molecule has 0 saturated carbocycles. The summed E-state index contributed by atoms with van der Waals surface area (Å²) in [5, 5.41) is 9.64. The van der Waals surface area contributed by atoms with Gasteiger partial charge in [-0.05, 0) is 44.7 Å². The van der Waals surface area contributed by atoms with Gasteiger partial charge in [-0.1, -0.05) is 5.92 Å². The summed E-state index contributed by atoms with van der Waals surface area (Å²) in [7, 11) is 0. The highest BCUT2D eigenvalue weighted by molar-refractivity contribution is 7.99. The maximum atomic E-state index is 12.6. The van der Waals surface area contributed by atoms with Gasteiger partial charge < -0.3 is 14.4 Å². The highest BCUT2D eigenvalue weighted by atomic mass is 32.2. The van der Waals surface area contributed by atoms with Gasteiger partial charge in [0.05, 0.1) is 0 Å². The summed E-state index contributed by atoms with van der Waals surface area (Å²) in [5.74, 6) is 8.57. The molecule has 1 aromatic heterocycles. The fourth-order valence-corrected chi connectivity index (χ4v) is 4.20. The molecule has 0 aromatic carbocycles. The number of amides is 1. The van der Waals surface area contributed by atoms with Crippen molar-refractivity contribution in [3.63, 3.8) is 0 Å². The molecule has 2 saturated heterocycles. The molecule has 0 bridgehead atoms. The molecule has 3 rings (SSSR count). The van der Waals surface area contributed by atoms with Gasteiger partial charge >= 0.3 is 0 Å². The summed E-state index contributed by atoms with van der Waals surface area (Å²) in [6.07, 6.45) is 2.06. The molecular weight excluding hydrogens is 336 g/mol. The SMILES string of the molecule is CC(C)(O)C#Cc1ccc(C(=O)N2CCC(N3CCSCC3)CC2)o1. The number of thioether (sulfide) groups is 1. The number of nitrogens with zero attached hydrogens (tertiary/aromatic N) is 2. The van der Waals surface area contributed by atoms with Crippen molar-refractivity contribution < 1.29 is 14.3 Å². The van der Waals surface area contributed by atoms with Crippen LogP contribution >= 0.6 is 11.8 Å². The maximum absolute atomic E-state index is 12.6. The van der Waals surface area contributed by atoms with Gasteiger partial charge in [-0.25, -0.2) is 0 Å². The Morgan fingerprint density at radius 2 is 1.92 bits per heavy atom. The molecule has 1 N–H and O–H groups in total. The summed E-state index contributed by atoms with van der Waals surface area (Å²) in [6.45, 7) is 7.12. The zero-order valence-corrected chi connectivity index (χ0v) is 15.8. The minimum atomic E-state index is -1.08. The van der Waals surface area contributed by atoms with E-state index in [0.717, 1.165) is 25.9 Å². The Morgan fingerprint density at radius 3 is 2.56 bits per heavy atom. The van der Waals surface area contributed by atoms with E-state index in [1.807, 2.05) is 16.7 Å². The highest BCUT2D eigenvalue weighted by Gasteiger charge is 2.29. The fraction of sp³-hybridized carbons (Fsp3) is 0.632. The van der Waals surface area contributed by atoms with E-state index >= 15 is 0 Å². The van der Waals surface area contributed by atoms with Gasteiger partial charge in [0.2, 0.25) is 0 Å². The lowest BCUT2D eigenvalue weighted by Gasteiger charge is -2.39. The summed E-state index contributed by atoms with van der Waals surface area (Å²) in [4.78, 5) is 17.1. The Labute approximate surface area is 153 Å². The third-order valence-corrected chi connectivity index (χ3v) is 5.56. The molecule has 0 aliphatic carbocycles. The molecule has 2 fully saturated rings. The van der Waals surface area contributed by atoms with Crippen molar-refractivity contribution >= 4 is 17.7 Å². The van der Waals surface area contributed by atoms with E-state index in [1.54, 1.807) is 26.0 Å². The van der Waals surface area contributed by atoms with E-state index in [2.05, 4.69) is 16.7 Å². The van der Waals surface area contributed by atoms with E-state index in [-0.39, 0.29) is 5.91 Å². The molecule has 3 heterocycles. The van der Waals surface area contributed by atoms with Crippen LogP contribution in [-0.4, -0.2) is 70.1 Å². The van der Waals surface area contributed by atoms with Crippen molar-refractivity contribution in [1.82, 2.24) is 9.80 Å². The number of carbonyl (C=O) groups is 1. The minimum Gasteiger partial charge on any atom is -0.443 e.